The maximum Gasteiger partial charge on any atom is 0.127 e. The SMILES string of the molecule is Oc1cc(F)cc(CNCc2ccc(Cl)cc2)c1. The zero-order chi connectivity index (χ0) is 13.0. The van der Waals surface area contributed by atoms with Crippen molar-refractivity contribution in [3.8, 4) is 5.75 Å². The highest BCUT2D eigenvalue weighted by Gasteiger charge is 2.00. The highest BCUT2D eigenvalue weighted by molar-refractivity contribution is 6.30. The van der Waals surface area contributed by atoms with Gasteiger partial charge in [0.1, 0.15) is 11.6 Å². The van der Waals surface area contributed by atoms with Gasteiger partial charge in [0, 0.05) is 24.2 Å². The van der Waals surface area contributed by atoms with Crippen LogP contribution < -0.4 is 5.32 Å². The van der Waals surface area contributed by atoms with Crippen molar-refractivity contribution in [2.24, 2.45) is 0 Å². The second-order valence-corrected chi connectivity index (χ2v) is 4.48. The molecule has 2 aromatic rings. The van der Waals surface area contributed by atoms with Crippen LogP contribution in [-0.2, 0) is 13.1 Å². The molecule has 2 nitrogen and oxygen atoms in total. The van der Waals surface area contributed by atoms with Crippen LogP contribution in [0, 0.1) is 5.82 Å². The molecule has 2 rings (SSSR count). The number of halogens is 2. The first-order valence-electron chi connectivity index (χ1n) is 5.57. The molecular formula is C14H13ClFNO. The number of aromatic hydroxyl groups is 1. The average Bonchev–Trinajstić information content (AvgIpc) is 2.30. The van der Waals surface area contributed by atoms with Crippen molar-refractivity contribution in [3.63, 3.8) is 0 Å². The normalized spacial score (nSPS) is 10.6. The number of phenolic OH excluding ortho intramolecular Hbond substituents is 1. The number of rotatable bonds is 4. The largest absolute Gasteiger partial charge is 0.508 e. The van der Waals surface area contributed by atoms with Crippen molar-refractivity contribution in [1.82, 2.24) is 5.32 Å². The van der Waals surface area contributed by atoms with Crippen LogP contribution in [0.5, 0.6) is 5.75 Å². The number of nitrogens with one attached hydrogen (secondary N) is 1. The first kappa shape index (κ1) is 12.9. The maximum atomic E-state index is 13.0. The van der Waals surface area contributed by atoms with Gasteiger partial charge in [0.05, 0.1) is 0 Å². The lowest BCUT2D eigenvalue weighted by Crippen LogP contribution is -2.12. The third kappa shape index (κ3) is 3.72. The van der Waals surface area contributed by atoms with Gasteiger partial charge in [-0.15, -0.1) is 0 Å². The Morgan fingerprint density at radius 1 is 1.00 bits per heavy atom. The average molecular weight is 266 g/mol. The first-order chi connectivity index (χ1) is 8.63. The fourth-order valence-electron chi connectivity index (χ4n) is 1.69. The van der Waals surface area contributed by atoms with E-state index in [-0.39, 0.29) is 5.75 Å². The van der Waals surface area contributed by atoms with Gasteiger partial charge >= 0.3 is 0 Å². The number of hydrogen-bond acceptors (Lipinski definition) is 2. The highest BCUT2D eigenvalue weighted by Crippen LogP contribution is 2.14. The van der Waals surface area contributed by atoms with Crippen LogP contribution >= 0.6 is 11.6 Å². The van der Waals surface area contributed by atoms with Crippen LogP contribution in [0.15, 0.2) is 42.5 Å². The van der Waals surface area contributed by atoms with Gasteiger partial charge in [0.2, 0.25) is 0 Å². The summed E-state index contributed by atoms with van der Waals surface area (Å²) in [5.74, 6) is -0.489. The Balaban J connectivity index is 1.90. The molecule has 94 valence electrons. The summed E-state index contributed by atoms with van der Waals surface area (Å²) in [6.45, 7) is 1.16. The van der Waals surface area contributed by atoms with Crippen molar-refractivity contribution in [3.05, 3.63) is 64.4 Å². The van der Waals surface area contributed by atoms with Gasteiger partial charge in [0.25, 0.3) is 0 Å². The van der Waals surface area contributed by atoms with E-state index >= 15 is 0 Å². The first-order valence-corrected chi connectivity index (χ1v) is 5.95. The Bertz CT molecular complexity index is 508. The van der Waals surface area contributed by atoms with Crippen molar-refractivity contribution < 1.29 is 9.50 Å². The Labute approximate surface area is 110 Å². The van der Waals surface area contributed by atoms with E-state index in [1.165, 1.54) is 12.1 Å². The summed E-state index contributed by atoms with van der Waals surface area (Å²) in [5, 5.41) is 13.1. The quantitative estimate of drug-likeness (QED) is 0.887. The minimum Gasteiger partial charge on any atom is -0.508 e. The predicted octanol–water partition coefficient (Wildman–Crippen LogP) is 3.47. The van der Waals surface area contributed by atoms with Crippen molar-refractivity contribution in [1.29, 1.82) is 0 Å². The monoisotopic (exact) mass is 265 g/mol. The summed E-state index contributed by atoms with van der Waals surface area (Å²) in [5.41, 5.74) is 1.81. The molecule has 0 heterocycles. The maximum absolute atomic E-state index is 13.0. The number of hydrogen-bond donors (Lipinski definition) is 2. The minimum atomic E-state index is -0.432. The summed E-state index contributed by atoms with van der Waals surface area (Å²) in [7, 11) is 0. The Kier molecular flexibility index (Phi) is 4.18. The highest BCUT2D eigenvalue weighted by atomic mass is 35.5. The van der Waals surface area contributed by atoms with Gasteiger partial charge in [-0.3, -0.25) is 0 Å². The van der Waals surface area contributed by atoms with Gasteiger partial charge in [-0.1, -0.05) is 23.7 Å². The van der Waals surface area contributed by atoms with E-state index in [9.17, 15) is 9.50 Å². The molecule has 0 radical (unpaired) electrons. The lowest BCUT2D eigenvalue weighted by Gasteiger charge is -2.06. The van der Waals surface area contributed by atoms with Crippen molar-refractivity contribution >= 4 is 11.6 Å². The molecule has 2 aromatic carbocycles. The van der Waals surface area contributed by atoms with E-state index in [2.05, 4.69) is 5.32 Å². The summed E-state index contributed by atoms with van der Waals surface area (Å²) >= 11 is 5.79. The van der Waals surface area contributed by atoms with Crippen LogP contribution in [0.1, 0.15) is 11.1 Å². The molecule has 0 aliphatic carbocycles. The summed E-state index contributed by atoms with van der Waals surface area (Å²) in [4.78, 5) is 0. The van der Waals surface area contributed by atoms with Crippen molar-refractivity contribution in [2.45, 2.75) is 13.1 Å². The van der Waals surface area contributed by atoms with Crippen LogP contribution in [0.25, 0.3) is 0 Å². The van der Waals surface area contributed by atoms with Gasteiger partial charge in [0.15, 0.2) is 0 Å². The topological polar surface area (TPSA) is 32.3 Å². The fraction of sp³-hybridized carbons (Fsp3) is 0.143. The molecular weight excluding hydrogens is 253 g/mol. The molecule has 2 N–H and O–H groups in total. The zero-order valence-corrected chi connectivity index (χ0v) is 10.4. The van der Waals surface area contributed by atoms with E-state index in [0.29, 0.717) is 23.7 Å². The molecule has 18 heavy (non-hydrogen) atoms. The summed E-state index contributed by atoms with van der Waals surface area (Å²) in [6, 6.07) is 11.5. The molecule has 0 saturated carbocycles. The van der Waals surface area contributed by atoms with Crippen LogP contribution in [0.2, 0.25) is 5.02 Å². The van der Waals surface area contributed by atoms with Crippen molar-refractivity contribution in [2.75, 3.05) is 0 Å². The predicted molar refractivity (Wildman–Crippen MR) is 70.1 cm³/mol. The standard InChI is InChI=1S/C14H13ClFNO/c15-12-3-1-10(2-4-12)8-17-9-11-5-13(16)7-14(18)6-11/h1-7,17-18H,8-9H2. The second-order valence-electron chi connectivity index (χ2n) is 4.05. The molecule has 0 atom stereocenters. The minimum absolute atomic E-state index is 0.0571. The molecule has 0 fully saturated rings. The third-order valence-electron chi connectivity index (χ3n) is 2.51. The van der Waals surface area contributed by atoms with E-state index in [1.807, 2.05) is 24.3 Å². The molecule has 0 saturated heterocycles. The Hall–Kier alpha value is -1.58. The molecule has 0 bridgehead atoms. The number of benzene rings is 2. The van der Waals surface area contributed by atoms with E-state index < -0.39 is 5.82 Å². The van der Waals surface area contributed by atoms with Gasteiger partial charge < -0.3 is 10.4 Å². The molecule has 0 spiro atoms. The van der Waals surface area contributed by atoms with Crippen LogP contribution in [0.4, 0.5) is 4.39 Å². The molecule has 0 aliphatic rings. The number of phenols is 1. The molecule has 0 unspecified atom stereocenters. The van der Waals surface area contributed by atoms with Crippen LogP contribution in [-0.4, -0.2) is 5.11 Å². The summed E-state index contributed by atoms with van der Waals surface area (Å²) in [6.07, 6.45) is 0. The third-order valence-corrected chi connectivity index (χ3v) is 2.77. The molecule has 4 heteroatoms. The second kappa shape index (κ2) is 5.85. The van der Waals surface area contributed by atoms with Gasteiger partial charge in [-0.2, -0.15) is 0 Å². The smallest absolute Gasteiger partial charge is 0.127 e. The van der Waals surface area contributed by atoms with Crippen LogP contribution in [0.3, 0.4) is 0 Å². The molecule has 0 aliphatic heterocycles. The lowest BCUT2D eigenvalue weighted by atomic mass is 10.2. The molecule has 0 aromatic heterocycles. The summed E-state index contributed by atoms with van der Waals surface area (Å²) < 4.78 is 13.0. The van der Waals surface area contributed by atoms with Gasteiger partial charge in [-0.05, 0) is 35.4 Å². The fourth-order valence-corrected chi connectivity index (χ4v) is 1.81. The van der Waals surface area contributed by atoms with E-state index in [0.717, 1.165) is 11.6 Å². The lowest BCUT2D eigenvalue weighted by molar-refractivity contribution is 0.467. The molecule has 0 amide bonds. The Morgan fingerprint density at radius 3 is 2.33 bits per heavy atom. The van der Waals surface area contributed by atoms with E-state index in [1.54, 1.807) is 0 Å². The van der Waals surface area contributed by atoms with Gasteiger partial charge in [-0.25, -0.2) is 4.39 Å². The zero-order valence-electron chi connectivity index (χ0n) is 9.66. The Morgan fingerprint density at radius 2 is 1.67 bits per heavy atom. The van der Waals surface area contributed by atoms with E-state index in [4.69, 9.17) is 11.6 Å².